The van der Waals surface area contributed by atoms with Crippen LogP contribution in [0.4, 0.5) is 0 Å². The Kier molecular flexibility index (Phi) is 6.62. The largest absolute Gasteiger partial charge is 0.382 e. The SMILES string of the molecule is CC(=O)N1CCN(Cc2ccc3nc(C)c(-c4nc(-c5ccccc5)c(C(N)=NC=N)s4)n3c2)CC1. The molecule has 4 aromatic rings. The van der Waals surface area contributed by atoms with Crippen LogP contribution < -0.4 is 5.73 Å². The zero-order valence-corrected chi connectivity index (χ0v) is 21.1. The summed E-state index contributed by atoms with van der Waals surface area (Å²) in [6.07, 6.45) is 3.08. The van der Waals surface area contributed by atoms with E-state index in [2.05, 4.69) is 26.6 Å². The van der Waals surface area contributed by atoms with Gasteiger partial charge in [0, 0.05) is 51.4 Å². The summed E-state index contributed by atoms with van der Waals surface area (Å²) in [5, 5.41) is 8.16. The molecule has 9 nitrogen and oxygen atoms in total. The van der Waals surface area contributed by atoms with Crippen molar-refractivity contribution in [3.63, 3.8) is 0 Å². The summed E-state index contributed by atoms with van der Waals surface area (Å²) >= 11 is 1.45. The minimum absolute atomic E-state index is 0.138. The van der Waals surface area contributed by atoms with Crippen molar-refractivity contribution < 1.29 is 4.79 Å². The van der Waals surface area contributed by atoms with Gasteiger partial charge in [0.05, 0.1) is 16.3 Å². The van der Waals surface area contributed by atoms with Gasteiger partial charge in [0.25, 0.3) is 0 Å². The van der Waals surface area contributed by atoms with E-state index >= 15 is 0 Å². The van der Waals surface area contributed by atoms with Crippen LogP contribution in [-0.4, -0.2) is 68.4 Å². The molecule has 1 aliphatic heterocycles. The Balaban J connectivity index is 1.52. The van der Waals surface area contributed by atoms with Crippen LogP contribution in [0.5, 0.6) is 0 Å². The number of amides is 1. The van der Waals surface area contributed by atoms with Gasteiger partial charge < -0.3 is 10.6 Å². The summed E-state index contributed by atoms with van der Waals surface area (Å²) in [5.41, 5.74) is 11.7. The number of piperazine rings is 1. The molecule has 4 heterocycles. The van der Waals surface area contributed by atoms with Crippen LogP contribution in [-0.2, 0) is 11.3 Å². The van der Waals surface area contributed by atoms with Gasteiger partial charge in [0.2, 0.25) is 5.91 Å². The number of pyridine rings is 1. The third-order valence-corrected chi connectivity index (χ3v) is 7.48. The predicted molar refractivity (Wildman–Crippen MR) is 144 cm³/mol. The Morgan fingerprint density at radius 1 is 1.14 bits per heavy atom. The topological polar surface area (TPSA) is 116 Å². The van der Waals surface area contributed by atoms with Crippen LogP contribution in [0.15, 0.2) is 53.7 Å². The predicted octanol–water partition coefficient (Wildman–Crippen LogP) is 3.41. The first-order chi connectivity index (χ1) is 17.4. The molecular weight excluding hydrogens is 472 g/mol. The number of nitrogens with zero attached hydrogens (tertiary/aromatic N) is 6. The monoisotopic (exact) mass is 500 g/mol. The van der Waals surface area contributed by atoms with Crippen molar-refractivity contribution in [3.05, 3.63) is 64.8 Å². The van der Waals surface area contributed by atoms with Crippen molar-refractivity contribution >= 4 is 35.1 Å². The maximum atomic E-state index is 11.6. The number of thiazole rings is 1. The van der Waals surface area contributed by atoms with Crippen LogP contribution in [0.3, 0.4) is 0 Å². The average Bonchev–Trinajstić information content (AvgIpc) is 3.45. The highest BCUT2D eigenvalue weighted by Gasteiger charge is 2.22. The highest BCUT2D eigenvalue weighted by Crippen LogP contribution is 2.35. The molecule has 1 saturated heterocycles. The van der Waals surface area contributed by atoms with Crippen LogP contribution in [0.2, 0.25) is 0 Å². The summed E-state index contributed by atoms with van der Waals surface area (Å²) in [4.78, 5) is 30.4. The Labute approximate surface area is 213 Å². The van der Waals surface area contributed by atoms with Gasteiger partial charge in [-0.05, 0) is 18.6 Å². The van der Waals surface area contributed by atoms with E-state index in [1.807, 2.05) is 48.2 Å². The van der Waals surface area contributed by atoms with Gasteiger partial charge in [-0.1, -0.05) is 36.4 Å². The van der Waals surface area contributed by atoms with E-state index in [4.69, 9.17) is 21.1 Å². The van der Waals surface area contributed by atoms with E-state index in [9.17, 15) is 4.79 Å². The zero-order valence-electron chi connectivity index (χ0n) is 20.3. The van der Waals surface area contributed by atoms with Crippen LogP contribution in [0, 0.1) is 12.3 Å². The van der Waals surface area contributed by atoms with E-state index < -0.39 is 0 Å². The number of aromatic nitrogens is 3. The number of imidazole rings is 1. The quantitative estimate of drug-likeness (QED) is 0.311. The molecule has 0 unspecified atom stereocenters. The lowest BCUT2D eigenvalue weighted by Crippen LogP contribution is -2.47. The summed E-state index contributed by atoms with van der Waals surface area (Å²) < 4.78 is 2.10. The molecule has 184 valence electrons. The number of benzene rings is 1. The van der Waals surface area contributed by atoms with Crippen LogP contribution >= 0.6 is 11.3 Å². The summed E-state index contributed by atoms with van der Waals surface area (Å²) in [6.45, 7) is 7.65. The lowest BCUT2D eigenvalue weighted by atomic mass is 10.1. The fourth-order valence-electron chi connectivity index (χ4n) is 4.55. The minimum Gasteiger partial charge on any atom is -0.382 e. The number of hydrogen-bond acceptors (Lipinski definition) is 6. The molecule has 3 aromatic heterocycles. The number of hydrogen-bond donors (Lipinski definition) is 2. The van der Waals surface area contributed by atoms with Gasteiger partial charge in [-0.15, -0.1) is 11.3 Å². The molecule has 10 heteroatoms. The fraction of sp³-hybridized carbons (Fsp3) is 0.269. The number of nitrogens with one attached hydrogen (secondary N) is 1. The third-order valence-electron chi connectivity index (χ3n) is 6.39. The Hall–Kier alpha value is -3.89. The second-order valence-corrected chi connectivity index (χ2v) is 9.80. The molecule has 1 aliphatic rings. The van der Waals surface area contributed by atoms with Crippen LogP contribution in [0.1, 0.15) is 23.1 Å². The molecule has 0 aliphatic carbocycles. The summed E-state index contributed by atoms with van der Waals surface area (Å²) in [6, 6.07) is 14.0. The summed E-state index contributed by atoms with van der Waals surface area (Å²) in [7, 11) is 0. The normalized spacial score (nSPS) is 14.9. The van der Waals surface area contributed by atoms with E-state index in [-0.39, 0.29) is 11.7 Å². The standard InChI is InChI=1S/C26H28N8OS/c1-17-23(26-31-22(20-6-4-3-5-7-20)24(36-26)25(28)29-16-27)34-15-19(8-9-21(34)30-17)14-32-10-12-33(13-11-32)18(2)35/h3-9,15-16H,10-14H2,1-2H3,(H3,27,28,29). The molecule has 0 radical (unpaired) electrons. The third kappa shape index (κ3) is 4.65. The number of carbonyl (C=O) groups is 1. The zero-order chi connectivity index (χ0) is 25.2. The number of aliphatic imine (C=N–C) groups is 1. The molecule has 1 aromatic carbocycles. The van der Waals surface area contributed by atoms with Crippen molar-refractivity contribution in [3.8, 4) is 22.0 Å². The lowest BCUT2D eigenvalue weighted by molar-refractivity contribution is -0.130. The maximum absolute atomic E-state index is 11.6. The lowest BCUT2D eigenvalue weighted by Gasteiger charge is -2.34. The molecule has 0 spiro atoms. The van der Waals surface area contributed by atoms with E-state index in [1.165, 1.54) is 16.9 Å². The van der Waals surface area contributed by atoms with Crippen molar-refractivity contribution in [2.45, 2.75) is 20.4 Å². The smallest absolute Gasteiger partial charge is 0.219 e. The molecular formula is C26H28N8OS. The highest BCUT2D eigenvalue weighted by atomic mass is 32.1. The molecule has 0 atom stereocenters. The number of rotatable bonds is 6. The van der Waals surface area contributed by atoms with Gasteiger partial charge in [0.15, 0.2) is 0 Å². The van der Waals surface area contributed by atoms with Gasteiger partial charge in [-0.2, -0.15) is 0 Å². The van der Waals surface area contributed by atoms with Crippen molar-refractivity contribution in [2.75, 3.05) is 26.2 Å². The second kappa shape index (κ2) is 10.00. The number of fused-ring (bicyclic) bond motifs is 1. The fourth-order valence-corrected chi connectivity index (χ4v) is 5.64. The average molecular weight is 501 g/mol. The van der Waals surface area contributed by atoms with Gasteiger partial charge >= 0.3 is 0 Å². The number of nitrogens with two attached hydrogens (primary N) is 1. The number of carbonyl (C=O) groups excluding carboxylic acids is 1. The minimum atomic E-state index is 0.138. The van der Waals surface area contributed by atoms with Gasteiger partial charge in [-0.3, -0.25) is 19.5 Å². The number of aryl methyl sites for hydroxylation is 1. The molecule has 0 saturated carbocycles. The second-order valence-electron chi connectivity index (χ2n) is 8.80. The van der Waals surface area contributed by atoms with Crippen molar-refractivity contribution in [2.24, 2.45) is 10.7 Å². The van der Waals surface area contributed by atoms with Crippen molar-refractivity contribution in [1.82, 2.24) is 24.2 Å². The molecule has 3 N–H and O–H groups in total. The van der Waals surface area contributed by atoms with E-state index in [0.29, 0.717) is 0 Å². The first-order valence-electron chi connectivity index (χ1n) is 11.8. The first kappa shape index (κ1) is 23.8. The highest BCUT2D eigenvalue weighted by molar-refractivity contribution is 7.17. The maximum Gasteiger partial charge on any atom is 0.219 e. The molecule has 0 bridgehead atoms. The van der Waals surface area contributed by atoms with Gasteiger partial charge in [-0.25, -0.2) is 15.0 Å². The molecule has 36 heavy (non-hydrogen) atoms. The van der Waals surface area contributed by atoms with E-state index in [1.54, 1.807) is 6.92 Å². The first-order valence-corrected chi connectivity index (χ1v) is 12.6. The molecule has 5 rings (SSSR count). The summed E-state index contributed by atoms with van der Waals surface area (Å²) in [5.74, 6) is 0.406. The van der Waals surface area contributed by atoms with Crippen LogP contribution in [0.25, 0.3) is 27.6 Å². The van der Waals surface area contributed by atoms with Gasteiger partial charge in [0.1, 0.15) is 28.5 Å². The number of amidine groups is 1. The molecule has 1 amide bonds. The Morgan fingerprint density at radius 2 is 1.89 bits per heavy atom. The van der Waals surface area contributed by atoms with E-state index in [0.717, 1.165) is 77.2 Å². The van der Waals surface area contributed by atoms with Crippen molar-refractivity contribution in [1.29, 1.82) is 5.41 Å². The Bertz CT molecular complexity index is 1450. The Morgan fingerprint density at radius 3 is 2.58 bits per heavy atom. The molecule has 1 fully saturated rings.